The molecule has 0 fully saturated rings. The summed E-state index contributed by atoms with van der Waals surface area (Å²) in [7, 11) is 0. The lowest BCUT2D eigenvalue weighted by Gasteiger charge is -2.14. The average Bonchev–Trinajstić information content (AvgIpc) is 2.36. The molecule has 1 unspecified atom stereocenters. The molecule has 1 aromatic carbocycles. The molecule has 1 rings (SSSR count). The van der Waals surface area contributed by atoms with Gasteiger partial charge in [-0.3, -0.25) is 4.79 Å². The van der Waals surface area contributed by atoms with Crippen molar-refractivity contribution >= 4 is 23.5 Å². The summed E-state index contributed by atoms with van der Waals surface area (Å²) >= 11 is 5.79. The van der Waals surface area contributed by atoms with Crippen molar-refractivity contribution in [3.8, 4) is 5.75 Å². The van der Waals surface area contributed by atoms with Crippen LogP contribution in [-0.2, 0) is 4.79 Å². The SMILES string of the molecule is CCCC(C)NC(=O)COc1cc(Cl)ccc1C(=O)O. The van der Waals surface area contributed by atoms with Crippen LogP contribution in [0.2, 0.25) is 5.02 Å². The van der Waals surface area contributed by atoms with E-state index in [9.17, 15) is 9.59 Å². The molecule has 1 amide bonds. The van der Waals surface area contributed by atoms with E-state index in [1.807, 2.05) is 13.8 Å². The largest absolute Gasteiger partial charge is 0.483 e. The van der Waals surface area contributed by atoms with Crippen LogP contribution in [-0.4, -0.2) is 29.6 Å². The van der Waals surface area contributed by atoms with Crippen LogP contribution < -0.4 is 10.1 Å². The number of hydrogen-bond acceptors (Lipinski definition) is 3. The van der Waals surface area contributed by atoms with E-state index < -0.39 is 5.97 Å². The van der Waals surface area contributed by atoms with Crippen LogP contribution in [0, 0.1) is 0 Å². The number of carbonyl (C=O) groups excluding carboxylic acids is 1. The number of rotatable bonds is 7. The highest BCUT2D eigenvalue weighted by Crippen LogP contribution is 2.23. The molecule has 0 radical (unpaired) electrons. The van der Waals surface area contributed by atoms with Crippen LogP contribution >= 0.6 is 11.6 Å². The first-order chi connectivity index (χ1) is 9.43. The molecule has 0 aromatic heterocycles. The highest BCUT2D eigenvalue weighted by atomic mass is 35.5. The quantitative estimate of drug-likeness (QED) is 0.811. The summed E-state index contributed by atoms with van der Waals surface area (Å²) in [6, 6.07) is 4.25. The number of halogens is 1. The van der Waals surface area contributed by atoms with Crippen molar-refractivity contribution < 1.29 is 19.4 Å². The lowest BCUT2D eigenvalue weighted by molar-refractivity contribution is -0.123. The minimum absolute atomic E-state index is 0.0243. The fourth-order valence-electron chi connectivity index (χ4n) is 1.76. The number of amides is 1. The maximum absolute atomic E-state index is 11.7. The van der Waals surface area contributed by atoms with E-state index >= 15 is 0 Å². The zero-order valence-corrected chi connectivity index (χ0v) is 12.2. The molecule has 1 aromatic rings. The second kappa shape index (κ2) is 7.75. The first-order valence-corrected chi connectivity index (χ1v) is 6.76. The van der Waals surface area contributed by atoms with Gasteiger partial charge in [0.25, 0.3) is 5.91 Å². The van der Waals surface area contributed by atoms with Gasteiger partial charge in [0.1, 0.15) is 11.3 Å². The highest BCUT2D eigenvalue weighted by Gasteiger charge is 2.14. The topological polar surface area (TPSA) is 75.6 Å². The molecular weight excluding hydrogens is 282 g/mol. The van der Waals surface area contributed by atoms with Crippen molar-refractivity contribution in [3.63, 3.8) is 0 Å². The monoisotopic (exact) mass is 299 g/mol. The number of aromatic carboxylic acids is 1. The van der Waals surface area contributed by atoms with Gasteiger partial charge in [-0.25, -0.2) is 4.79 Å². The van der Waals surface area contributed by atoms with Crippen molar-refractivity contribution in [2.24, 2.45) is 0 Å². The van der Waals surface area contributed by atoms with E-state index in [-0.39, 0.29) is 29.9 Å². The normalized spacial score (nSPS) is 11.8. The number of benzene rings is 1. The van der Waals surface area contributed by atoms with Crippen LogP contribution in [0.5, 0.6) is 5.75 Å². The van der Waals surface area contributed by atoms with Crippen LogP contribution in [0.15, 0.2) is 18.2 Å². The minimum Gasteiger partial charge on any atom is -0.483 e. The van der Waals surface area contributed by atoms with Crippen molar-refractivity contribution in [3.05, 3.63) is 28.8 Å². The van der Waals surface area contributed by atoms with Crippen LogP contribution in [0.3, 0.4) is 0 Å². The van der Waals surface area contributed by atoms with Gasteiger partial charge in [-0.1, -0.05) is 24.9 Å². The summed E-state index contributed by atoms with van der Waals surface area (Å²) in [5.41, 5.74) is -0.0243. The number of carbonyl (C=O) groups is 2. The Labute approximate surface area is 122 Å². The maximum Gasteiger partial charge on any atom is 0.339 e. The Balaban J connectivity index is 2.63. The standard InChI is InChI=1S/C14H18ClNO4/c1-3-4-9(2)16-13(17)8-20-12-7-10(15)5-6-11(12)14(18)19/h5-7,9H,3-4,8H2,1-2H3,(H,16,17)(H,18,19). The van der Waals surface area contributed by atoms with Gasteiger partial charge < -0.3 is 15.2 Å². The molecule has 110 valence electrons. The molecule has 0 bridgehead atoms. The Kier molecular flexibility index (Phi) is 6.31. The number of carboxylic acid groups (broad SMARTS) is 1. The second-order valence-electron chi connectivity index (χ2n) is 4.49. The van der Waals surface area contributed by atoms with Crippen LogP contribution in [0.1, 0.15) is 37.0 Å². The fourth-order valence-corrected chi connectivity index (χ4v) is 1.92. The second-order valence-corrected chi connectivity index (χ2v) is 4.93. The fraction of sp³-hybridized carbons (Fsp3) is 0.429. The lowest BCUT2D eigenvalue weighted by Crippen LogP contribution is -2.36. The third kappa shape index (κ3) is 5.09. The van der Waals surface area contributed by atoms with Crippen LogP contribution in [0.25, 0.3) is 0 Å². The summed E-state index contributed by atoms with van der Waals surface area (Å²) in [5, 5.41) is 12.1. The van der Waals surface area contributed by atoms with E-state index in [0.29, 0.717) is 5.02 Å². The van der Waals surface area contributed by atoms with Crippen molar-refractivity contribution in [2.75, 3.05) is 6.61 Å². The molecule has 5 nitrogen and oxygen atoms in total. The zero-order valence-electron chi connectivity index (χ0n) is 11.5. The Morgan fingerprint density at radius 2 is 2.15 bits per heavy atom. The van der Waals surface area contributed by atoms with Gasteiger partial charge in [-0.2, -0.15) is 0 Å². The molecule has 0 saturated heterocycles. The maximum atomic E-state index is 11.7. The van der Waals surface area contributed by atoms with Crippen molar-refractivity contribution in [1.29, 1.82) is 0 Å². The van der Waals surface area contributed by atoms with E-state index in [0.717, 1.165) is 12.8 Å². The van der Waals surface area contributed by atoms with Gasteiger partial charge in [0.15, 0.2) is 6.61 Å². The molecule has 0 saturated carbocycles. The molecule has 0 aliphatic rings. The highest BCUT2D eigenvalue weighted by molar-refractivity contribution is 6.30. The van der Waals surface area contributed by atoms with Crippen molar-refractivity contribution in [1.82, 2.24) is 5.32 Å². The van der Waals surface area contributed by atoms with E-state index in [2.05, 4.69) is 5.32 Å². The van der Waals surface area contributed by atoms with Gasteiger partial charge in [0, 0.05) is 11.1 Å². The molecule has 20 heavy (non-hydrogen) atoms. The average molecular weight is 300 g/mol. The zero-order chi connectivity index (χ0) is 15.1. The third-order valence-corrected chi connectivity index (χ3v) is 2.90. The van der Waals surface area contributed by atoms with Gasteiger partial charge in [-0.15, -0.1) is 0 Å². The Morgan fingerprint density at radius 1 is 1.45 bits per heavy atom. The summed E-state index contributed by atoms with van der Waals surface area (Å²) in [4.78, 5) is 22.7. The molecule has 6 heteroatoms. The Hall–Kier alpha value is -1.75. The van der Waals surface area contributed by atoms with E-state index in [1.165, 1.54) is 18.2 Å². The summed E-state index contributed by atoms with van der Waals surface area (Å²) < 4.78 is 5.24. The third-order valence-electron chi connectivity index (χ3n) is 2.66. The van der Waals surface area contributed by atoms with Gasteiger partial charge in [0.05, 0.1) is 0 Å². The molecule has 2 N–H and O–H groups in total. The summed E-state index contributed by atoms with van der Waals surface area (Å²) in [5.74, 6) is -1.33. The molecule has 0 aliphatic heterocycles. The Morgan fingerprint density at radius 3 is 2.75 bits per heavy atom. The predicted molar refractivity (Wildman–Crippen MR) is 76.4 cm³/mol. The number of carboxylic acids is 1. The number of hydrogen-bond donors (Lipinski definition) is 2. The van der Waals surface area contributed by atoms with Crippen LogP contribution in [0.4, 0.5) is 0 Å². The van der Waals surface area contributed by atoms with Gasteiger partial charge in [0.2, 0.25) is 0 Å². The molecule has 1 atom stereocenters. The summed E-state index contributed by atoms with van der Waals surface area (Å²) in [6.45, 7) is 3.70. The Bertz CT molecular complexity index is 490. The number of nitrogens with one attached hydrogen (secondary N) is 1. The number of ether oxygens (including phenoxy) is 1. The van der Waals surface area contributed by atoms with Gasteiger partial charge in [-0.05, 0) is 31.5 Å². The minimum atomic E-state index is -1.13. The molecular formula is C14H18ClNO4. The summed E-state index contributed by atoms with van der Waals surface area (Å²) in [6.07, 6.45) is 1.85. The van der Waals surface area contributed by atoms with Crippen molar-refractivity contribution in [2.45, 2.75) is 32.7 Å². The smallest absolute Gasteiger partial charge is 0.339 e. The first kappa shape index (κ1) is 16.3. The molecule has 0 spiro atoms. The molecule has 0 heterocycles. The van der Waals surface area contributed by atoms with E-state index in [1.54, 1.807) is 0 Å². The first-order valence-electron chi connectivity index (χ1n) is 6.39. The van der Waals surface area contributed by atoms with Gasteiger partial charge >= 0.3 is 5.97 Å². The van der Waals surface area contributed by atoms with E-state index in [4.69, 9.17) is 21.4 Å². The lowest BCUT2D eigenvalue weighted by atomic mass is 10.2. The molecule has 0 aliphatic carbocycles. The predicted octanol–water partition coefficient (Wildman–Crippen LogP) is 2.72.